The minimum atomic E-state index is -0.0603. The van der Waals surface area contributed by atoms with Crippen LogP contribution in [0.1, 0.15) is 24.0 Å². The summed E-state index contributed by atoms with van der Waals surface area (Å²) in [6, 6.07) is 22.4. The highest BCUT2D eigenvalue weighted by atomic mass is 32.2. The fourth-order valence-electron chi connectivity index (χ4n) is 3.64. The summed E-state index contributed by atoms with van der Waals surface area (Å²) in [6.45, 7) is 1.79. The van der Waals surface area contributed by atoms with E-state index >= 15 is 0 Å². The van der Waals surface area contributed by atoms with E-state index < -0.39 is 0 Å². The molecule has 3 aromatic rings. The van der Waals surface area contributed by atoms with Crippen LogP contribution in [0.25, 0.3) is 0 Å². The summed E-state index contributed by atoms with van der Waals surface area (Å²) in [5.41, 5.74) is 3.31. The van der Waals surface area contributed by atoms with Gasteiger partial charge in [0.15, 0.2) is 0 Å². The second-order valence-corrected chi connectivity index (χ2v) is 8.33. The molecular weight excluding hydrogens is 378 g/mol. The molecule has 0 spiro atoms. The minimum Gasteiger partial charge on any atom is -0.325 e. The highest BCUT2D eigenvalue weighted by molar-refractivity contribution is 7.98. The number of rotatable bonds is 7. The zero-order chi connectivity index (χ0) is 19.9. The van der Waals surface area contributed by atoms with E-state index in [4.69, 9.17) is 0 Å². The smallest absolute Gasteiger partial charge is 0.241 e. The fraction of sp³-hybridized carbons (Fsp3) is 0.250. The topological polar surface area (TPSA) is 45.2 Å². The molecule has 4 nitrogen and oxygen atoms in total. The third-order valence-electron chi connectivity index (χ3n) is 5.14. The quantitative estimate of drug-likeness (QED) is 0.565. The number of thioether (sulfide) groups is 1. The molecule has 1 atom stereocenters. The third-order valence-corrected chi connectivity index (χ3v) is 6.23. The van der Waals surface area contributed by atoms with E-state index in [2.05, 4.69) is 45.5 Å². The second-order valence-electron chi connectivity index (χ2n) is 7.28. The predicted molar refractivity (Wildman–Crippen MR) is 119 cm³/mol. The summed E-state index contributed by atoms with van der Waals surface area (Å²) in [5.74, 6) is 0.977. The van der Waals surface area contributed by atoms with Crippen LogP contribution in [0.3, 0.4) is 0 Å². The van der Waals surface area contributed by atoms with E-state index in [0.29, 0.717) is 0 Å². The molecule has 2 heterocycles. The number of carbonyl (C=O) groups is 1. The number of hydrogen-bond donors (Lipinski definition) is 1. The standard InChI is InChI=1S/C24H25N3OS/c28-24(23-9-5-15-27(23)17-19-6-2-1-3-7-19)26-21-10-12-22(13-11-21)29-18-20-8-4-14-25-16-20/h1-4,6-8,10-14,16,23H,5,9,15,17-18H2,(H,26,28). The van der Waals surface area contributed by atoms with Crippen LogP contribution < -0.4 is 5.32 Å². The summed E-state index contributed by atoms with van der Waals surface area (Å²) >= 11 is 1.77. The van der Waals surface area contributed by atoms with Gasteiger partial charge >= 0.3 is 0 Å². The van der Waals surface area contributed by atoms with Gasteiger partial charge in [-0.15, -0.1) is 11.8 Å². The average Bonchev–Trinajstić information content (AvgIpc) is 3.23. The predicted octanol–water partition coefficient (Wildman–Crippen LogP) is 4.98. The van der Waals surface area contributed by atoms with Gasteiger partial charge in [-0.2, -0.15) is 0 Å². The first kappa shape index (κ1) is 19.7. The summed E-state index contributed by atoms with van der Waals surface area (Å²) in [4.78, 5) is 20.5. The molecule has 0 radical (unpaired) electrons. The molecule has 1 aliphatic heterocycles. The molecule has 148 valence electrons. The van der Waals surface area contributed by atoms with Gasteiger partial charge in [-0.25, -0.2) is 0 Å². The summed E-state index contributed by atoms with van der Waals surface area (Å²) in [6.07, 6.45) is 5.66. The number of carbonyl (C=O) groups excluding carboxylic acids is 1. The van der Waals surface area contributed by atoms with Crippen LogP contribution in [-0.4, -0.2) is 28.4 Å². The molecule has 0 aliphatic carbocycles. The number of anilines is 1. The zero-order valence-corrected chi connectivity index (χ0v) is 17.1. The molecule has 0 bridgehead atoms. The normalized spacial score (nSPS) is 16.6. The molecule has 2 aromatic carbocycles. The number of benzene rings is 2. The largest absolute Gasteiger partial charge is 0.325 e. The van der Waals surface area contributed by atoms with Crippen molar-refractivity contribution in [3.8, 4) is 0 Å². The Morgan fingerprint density at radius 3 is 2.59 bits per heavy atom. The van der Waals surface area contributed by atoms with Crippen molar-refractivity contribution >= 4 is 23.4 Å². The van der Waals surface area contributed by atoms with Gasteiger partial charge < -0.3 is 5.32 Å². The monoisotopic (exact) mass is 403 g/mol. The van der Waals surface area contributed by atoms with E-state index in [1.807, 2.05) is 42.6 Å². The number of hydrogen-bond acceptors (Lipinski definition) is 4. The molecule has 1 unspecified atom stereocenters. The Kier molecular flexibility index (Phi) is 6.60. The van der Waals surface area contributed by atoms with Crippen molar-refractivity contribution in [2.24, 2.45) is 0 Å². The van der Waals surface area contributed by atoms with Crippen molar-refractivity contribution in [3.05, 3.63) is 90.3 Å². The minimum absolute atomic E-state index is 0.0603. The van der Waals surface area contributed by atoms with E-state index in [0.717, 1.165) is 37.4 Å². The lowest BCUT2D eigenvalue weighted by molar-refractivity contribution is -0.120. The fourth-order valence-corrected chi connectivity index (χ4v) is 4.47. The summed E-state index contributed by atoms with van der Waals surface area (Å²) in [7, 11) is 0. The highest BCUT2D eigenvalue weighted by Crippen LogP contribution is 2.25. The van der Waals surface area contributed by atoms with Crippen molar-refractivity contribution in [2.45, 2.75) is 36.1 Å². The first-order valence-corrected chi connectivity index (χ1v) is 11.0. The van der Waals surface area contributed by atoms with Gasteiger partial charge in [-0.1, -0.05) is 36.4 Å². The lowest BCUT2D eigenvalue weighted by atomic mass is 10.1. The maximum Gasteiger partial charge on any atom is 0.241 e. The molecule has 1 aromatic heterocycles. The number of amides is 1. The lowest BCUT2D eigenvalue weighted by Crippen LogP contribution is -2.39. The molecule has 1 N–H and O–H groups in total. The molecule has 1 fully saturated rings. The zero-order valence-electron chi connectivity index (χ0n) is 16.3. The van der Waals surface area contributed by atoms with Crippen molar-refractivity contribution in [3.63, 3.8) is 0 Å². The maximum absolute atomic E-state index is 12.8. The number of nitrogens with one attached hydrogen (secondary N) is 1. The SMILES string of the molecule is O=C(Nc1ccc(SCc2cccnc2)cc1)C1CCCN1Cc1ccccc1. The second kappa shape index (κ2) is 9.72. The van der Waals surface area contributed by atoms with Crippen molar-refractivity contribution in [1.29, 1.82) is 0 Å². The Morgan fingerprint density at radius 1 is 1.03 bits per heavy atom. The summed E-state index contributed by atoms with van der Waals surface area (Å²) < 4.78 is 0. The van der Waals surface area contributed by atoms with E-state index in [9.17, 15) is 4.79 Å². The van der Waals surface area contributed by atoms with Crippen LogP contribution in [0, 0.1) is 0 Å². The van der Waals surface area contributed by atoms with Crippen LogP contribution >= 0.6 is 11.8 Å². The van der Waals surface area contributed by atoms with Crippen molar-refractivity contribution in [2.75, 3.05) is 11.9 Å². The number of aromatic nitrogens is 1. The molecule has 4 rings (SSSR count). The van der Waals surface area contributed by atoms with E-state index in [1.165, 1.54) is 16.0 Å². The molecule has 29 heavy (non-hydrogen) atoms. The van der Waals surface area contributed by atoms with Crippen LogP contribution in [0.2, 0.25) is 0 Å². The third kappa shape index (κ3) is 5.46. The van der Waals surface area contributed by atoms with Crippen LogP contribution in [0.15, 0.2) is 84.0 Å². The highest BCUT2D eigenvalue weighted by Gasteiger charge is 2.30. The molecule has 1 saturated heterocycles. The van der Waals surface area contributed by atoms with Gasteiger partial charge in [0.05, 0.1) is 6.04 Å². The Hall–Kier alpha value is -2.63. The Balaban J connectivity index is 1.31. The van der Waals surface area contributed by atoms with Gasteiger partial charge in [0, 0.05) is 35.3 Å². The van der Waals surface area contributed by atoms with Gasteiger partial charge in [-0.05, 0) is 60.8 Å². The number of pyridine rings is 1. The van der Waals surface area contributed by atoms with Crippen LogP contribution in [-0.2, 0) is 17.1 Å². The molecule has 1 aliphatic rings. The Labute approximate surface area is 176 Å². The molecule has 1 amide bonds. The van der Waals surface area contributed by atoms with Gasteiger partial charge in [0.25, 0.3) is 0 Å². The van der Waals surface area contributed by atoms with Crippen LogP contribution in [0.4, 0.5) is 5.69 Å². The van der Waals surface area contributed by atoms with Crippen molar-refractivity contribution in [1.82, 2.24) is 9.88 Å². The first-order valence-electron chi connectivity index (χ1n) is 9.98. The maximum atomic E-state index is 12.8. The average molecular weight is 404 g/mol. The van der Waals surface area contributed by atoms with Gasteiger partial charge in [0.1, 0.15) is 0 Å². The van der Waals surface area contributed by atoms with Gasteiger partial charge in [-0.3, -0.25) is 14.7 Å². The number of nitrogens with zero attached hydrogens (tertiary/aromatic N) is 2. The Morgan fingerprint density at radius 2 is 1.83 bits per heavy atom. The lowest BCUT2D eigenvalue weighted by Gasteiger charge is -2.23. The van der Waals surface area contributed by atoms with Gasteiger partial charge in [0.2, 0.25) is 5.91 Å². The molecular formula is C24H25N3OS. The van der Waals surface area contributed by atoms with Crippen molar-refractivity contribution < 1.29 is 4.79 Å². The Bertz CT molecular complexity index is 916. The summed E-state index contributed by atoms with van der Waals surface area (Å²) in [5, 5.41) is 3.10. The van der Waals surface area contributed by atoms with E-state index in [-0.39, 0.29) is 11.9 Å². The first-order chi connectivity index (χ1) is 14.3. The number of likely N-dealkylation sites (tertiary alicyclic amines) is 1. The van der Waals surface area contributed by atoms with E-state index in [1.54, 1.807) is 18.0 Å². The van der Waals surface area contributed by atoms with Crippen LogP contribution in [0.5, 0.6) is 0 Å². The molecule has 5 heteroatoms. The molecule has 0 saturated carbocycles.